The zero-order valence-electron chi connectivity index (χ0n) is 11.8. The fraction of sp³-hybridized carbons (Fsp3) is 0.588. The van der Waals surface area contributed by atoms with Gasteiger partial charge < -0.3 is 9.47 Å². The maximum Gasteiger partial charge on any atom is 0.121 e. The average Bonchev–Trinajstić information content (AvgIpc) is 2.48. The van der Waals surface area contributed by atoms with Crippen LogP contribution >= 0.6 is 0 Å². The summed E-state index contributed by atoms with van der Waals surface area (Å²) in [6.45, 7) is 0.794. The van der Waals surface area contributed by atoms with Crippen molar-refractivity contribution in [3.63, 3.8) is 0 Å². The second kappa shape index (κ2) is 5.85. The molecular weight excluding hydrogens is 250 g/mol. The van der Waals surface area contributed by atoms with Crippen molar-refractivity contribution >= 4 is 0 Å². The van der Waals surface area contributed by atoms with Crippen molar-refractivity contribution in [2.45, 2.75) is 56.7 Å². The molecule has 1 unspecified atom stereocenters. The van der Waals surface area contributed by atoms with Crippen molar-refractivity contribution in [3.05, 3.63) is 29.8 Å². The highest BCUT2D eigenvalue weighted by Crippen LogP contribution is 2.39. The van der Waals surface area contributed by atoms with Gasteiger partial charge in [-0.1, -0.05) is 25.3 Å². The highest BCUT2D eigenvalue weighted by Gasteiger charge is 2.39. The van der Waals surface area contributed by atoms with E-state index in [9.17, 15) is 0 Å². The molecule has 1 spiro atoms. The van der Waals surface area contributed by atoms with E-state index >= 15 is 0 Å². The van der Waals surface area contributed by atoms with Crippen LogP contribution in [0.3, 0.4) is 0 Å². The molecule has 106 valence electrons. The van der Waals surface area contributed by atoms with Gasteiger partial charge in [-0.2, -0.15) is 5.26 Å². The van der Waals surface area contributed by atoms with Crippen LogP contribution in [0.15, 0.2) is 24.3 Å². The van der Waals surface area contributed by atoms with E-state index in [4.69, 9.17) is 14.7 Å². The van der Waals surface area contributed by atoms with Gasteiger partial charge >= 0.3 is 0 Å². The molecule has 2 aliphatic rings. The number of hydrogen-bond donors (Lipinski definition) is 0. The minimum Gasteiger partial charge on any atom is -0.490 e. The van der Waals surface area contributed by atoms with Gasteiger partial charge in [0.25, 0.3) is 0 Å². The Hall–Kier alpha value is -1.53. The van der Waals surface area contributed by atoms with E-state index in [0.29, 0.717) is 5.56 Å². The number of nitriles is 1. The number of rotatable bonds is 2. The maximum atomic E-state index is 8.94. The molecule has 1 saturated heterocycles. The van der Waals surface area contributed by atoms with Crippen LogP contribution in [-0.4, -0.2) is 18.3 Å². The Morgan fingerprint density at radius 2 is 2.10 bits per heavy atom. The first-order chi connectivity index (χ1) is 9.80. The molecule has 1 saturated carbocycles. The highest BCUT2D eigenvalue weighted by molar-refractivity contribution is 5.36. The molecule has 1 aromatic carbocycles. The summed E-state index contributed by atoms with van der Waals surface area (Å²) in [5.41, 5.74) is 0.718. The van der Waals surface area contributed by atoms with Crippen LogP contribution in [0, 0.1) is 11.3 Å². The van der Waals surface area contributed by atoms with E-state index in [1.807, 2.05) is 18.2 Å². The third-order valence-corrected chi connectivity index (χ3v) is 4.48. The van der Waals surface area contributed by atoms with Gasteiger partial charge in [0, 0.05) is 12.8 Å². The molecule has 0 amide bonds. The number of hydrogen-bond acceptors (Lipinski definition) is 3. The molecule has 0 bridgehead atoms. The van der Waals surface area contributed by atoms with Crippen molar-refractivity contribution in [1.29, 1.82) is 5.26 Å². The Morgan fingerprint density at radius 1 is 1.25 bits per heavy atom. The summed E-state index contributed by atoms with van der Waals surface area (Å²) in [6.07, 6.45) is 8.38. The van der Waals surface area contributed by atoms with Gasteiger partial charge in [-0.25, -0.2) is 0 Å². The molecule has 1 atom stereocenters. The van der Waals surface area contributed by atoms with Gasteiger partial charge in [0.15, 0.2) is 0 Å². The van der Waals surface area contributed by atoms with Crippen LogP contribution < -0.4 is 4.74 Å². The maximum absolute atomic E-state index is 8.94. The topological polar surface area (TPSA) is 42.2 Å². The molecule has 2 fully saturated rings. The highest BCUT2D eigenvalue weighted by atomic mass is 16.5. The zero-order chi connectivity index (χ0) is 13.8. The Bertz CT molecular complexity index is 494. The number of ether oxygens (including phenoxy) is 2. The Morgan fingerprint density at radius 3 is 2.90 bits per heavy atom. The van der Waals surface area contributed by atoms with Crippen molar-refractivity contribution in [2.75, 3.05) is 6.61 Å². The Balaban J connectivity index is 1.66. The monoisotopic (exact) mass is 271 g/mol. The fourth-order valence-electron chi connectivity index (χ4n) is 3.46. The van der Waals surface area contributed by atoms with Gasteiger partial charge in [-0.15, -0.1) is 0 Å². The van der Waals surface area contributed by atoms with Crippen LogP contribution in [0.5, 0.6) is 5.75 Å². The van der Waals surface area contributed by atoms with E-state index in [-0.39, 0.29) is 11.7 Å². The summed E-state index contributed by atoms with van der Waals surface area (Å²) in [4.78, 5) is 0. The summed E-state index contributed by atoms with van der Waals surface area (Å²) in [6, 6.07) is 9.60. The first-order valence-electron chi connectivity index (χ1n) is 7.60. The lowest BCUT2D eigenvalue weighted by atomic mass is 9.79. The van der Waals surface area contributed by atoms with Crippen LogP contribution in [0.25, 0.3) is 0 Å². The zero-order valence-corrected chi connectivity index (χ0v) is 11.8. The van der Waals surface area contributed by atoms with Gasteiger partial charge in [-0.3, -0.25) is 0 Å². The lowest BCUT2D eigenvalue weighted by Crippen LogP contribution is -2.45. The van der Waals surface area contributed by atoms with Gasteiger partial charge in [-0.05, 0) is 31.0 Å². The molecule has 20 heavy (non-hydrogen) atoms. The molecule has 1 aliphatic carbocycles. The Labute approximate surface area is 120 Å². The normalized spacial score (nSPS) is 25.1. The standard InChI is InChI=1S/C17H21NO2/c18-13-14-5-4-6-15(11-14)20-16-7-10-19-17(12-16)8-2-1-3-9-17/h4-6,11,16H,1-3,7-10,12H2. The summed E-state index contributed by atoms with van der Waals surface area (Å²) in [5, 5.41) is 8.94. The molecule has 3 nitrogen and oxygen atoms in total. The van der Waals surface area contributed by atoms with Crippen molar-refractivity contribution < 1.29 is 9.47 Å². The van der Waals surface area contributed by atoms with Gasteiger partial charge in [0.05, 0.1) is 23.8 Å². The third kappa shape index (κ3) is 2.96. The molecule has 1 aromatic rings. The molecule has 1 aliphatic heterocycles. The summed E-state index contributed by atoms with van der Waals surface area (Å²) < 4.78 is 12.2. The minimum absolute atomic E-state index is 0.0635. The predicted molar refractivity (Wildman–Crippen MR) is 76.6 cm³/mol. The molecule has 0 radical (unpaired) electrons. The second-order valence-electron chi connectivity index (χ2n) is 5.96. The Kier molecular flexibility index (Phi) is 3.93. The fourth-order valence-corrected chi connectivity index (χ4v) is 3.46. The first kappa shape index (κ1) is 13.5. The van der Waals surface area contributed by atoms with Crippen molar-refractivity contribution in [2.24, 2.45) is 0 Å². The van der Waals surface area contributed by atoms with E-state index in [2.05, 4.69) is 6.07 Å². The van der Waals surface area contributed by atoms with E-state index < -0.39 is 0 Å². The lowest BCUT2D eigenvalue weighted by molar-refractivity contribution is -0.129. The van der Waals surface area contributed by atoms with Crippen LogP contribution in [0.2, 0.25) is 0 Å². The van der Waals surface area contributed by atoms with E-state index in [1.54, 1.807) is 6.07 Å². The lowest BCUT2D eigenvalue weighted by Gasteiger charge is -2.43. The van der Waals surface area contributed by atoms with Crippen LogP contribution in [0.4, 0.5) is 0 Å². The second-order valence-corrected chi connectivity index (χ2v) is 5.96. The third-order valence-electron chi connectivity index (χ3n) is 4.48. The van der Waals surface area contributed by atoms with Gasteiger partial charge in [0.2, 0.25) is 0 Å². The SMILES string of the molecule is N#Cc1cccc(OC2CCOC3(CCCCC3)C2)c1. The molecule has 1 heterocycles. The quantitative estimate of drug-likeness (QED) is 0.821. The largest absolute Gasteiger partial charge is 0.490 e. The first-order valence-corrected chi connectivity index (χ1v) is 7.60. The predicted octanol–water partition coefficient (Wildman–Crippen LogP) is 3.82. The number of nitrogens with zero attached hydrogens (tertiary/aromatic N) is 1. The molecule has 3 rings (SSSR count). The minimum atomic E-state index is 0.0635. The van der Waals surface area contributed by atoms with Crippen LogP contribution in [-0.2, 0) is 4.74 Å². The smallest absolute Gasteiger partial charge is 0.121 e. The average molecular weight is 271 g/mol. The molecule has 0 aromatic heterocycles. The summed E-state index contributed by atoms with van der Waals surface area (Å²) in [5.74, 6) is 0.807. The summed E-state index contributed by atoms with van der Waals surface area (Å²) >= 11 is 0. The van der Waals surface area contributed by atoms with Crippen LogP contribution in [0.1, 0.15) is 50.5 Å². The molecular formula is C17H21NO2. The van der Waals surface area contributed by atoms with E-state index in [1.165, 1.54) is 32.1 Å². The molecule has 0 N–H and O–H groups in total. The van der Waals surface area contributed by atoms with Crippen molar-refractivity contribution in [1.82, 2.24) is 0 Å². The van der Waals surface area contributed by atoms with Crippen molar-refractivity contribution in [3.8, 4) is 11.8 Å². The van der Waals surface area contributed by atoms with E-state index in [0.717, 1.165) is 25.2 Å². The van der Waals surface area contributed by atoms with Gasteiger partial charge in [0.1, 0.15) is 11.9 Å². The molecule has 3 heteroatoms. The summed E-state index contributed by atoms with van der Waals surface area (Å²) in [7, 11) is 0. The number of benzene rings is 1.